The molecule has 1 aromatic heterocycles. The molecule has 74 valence electrons. The molecule has 0 aliphatic heterocycles. The van der Waals surface area contributed by atoms with E-state index in [1.807, 2.05) is 47.8 Å². The largest absolute Gasteiger partial charge is 0.376 e. The summed E-state index contributed by atoms with van der Waals surface area (Å²) in [5, 5.41) is 11.7. The Hall–Kier alpha value is -1.56. The highest BCUT2D eigenvalue weighted by molar-refractivity contribution is 7.10. The molecule has 0 saturated heterocycles. The smallest absolute Gasteiger partial charge is 0.140 e. The Morgan fingerprint density at radius 3 is 2.53 bits per heavy atom. The van der Waals surface area contributed by atoms with Crippen LogP contribution in [0.3, 0.4) is 0 Å². The molecule has 0 fully saturated rings. The lowest BCUT2D eigenvalue weighted by Gasteiger charge is -2.01. The van der Waals surface area contributed by atoms with Crippen molar-refractivity contribution in [1.29, 1.82) is 0 Å². The summed E-state index contributed by atoms with van der Waals surface area (Å²) in [7, 11) is 0. The summed E-state index contributed by atoms with van der Waals surface area (Å²) in [5.74, 6) is 5.76. The van der Waals surface area contributed by atoms with Crippen LogP contribution < -0.4 is 0 Å². The van der Waals surface area contributed by atoms with Gasteiger partial charge in [-0.2, -0.15) is 0 Å². The molecule has 0 radical (unpaired) electrons. The van der Waals surface area contributed by atoms with Crippen LogP contribution in [0.2, 0.25) is 0 Å². The third-order valence-electron chi connectivity index (χ3n) is 1.97. The molecule has 2 aromatic rings. The molecule has 1 aromatic carbocycles. The zero-order chi connectivity index (χ0) is 10.5. The van der Waals surface area contributed by atoms with E-state index < -0.39 is 6.10 Å². The minimum absolute atomic E-state index is 0.701. The number of hydrogen-bond donors (Lipinski definition) is 1. The summed E-state index contributed by atoms with van der Waals surface area (Å²) in [6, 6.07) is 13.3. The van der Waals surface area contributed by atoms with Crippen molar-refractivity contribution in [2.45, 2.75) is 6.10 Å². The van der Waals surface area contributed by atoms with E-state index in [9.17, 15) is 5.11 Å². The van der Waals surface area contributed by atoms with Crippen molar-refractivity contribution >= 4 is 11.3 Å². The Labute approximate surface area is 93.0 Å². The highest BCUT2D eigenvalue weighted by atomic mass is 32.1. The molecule has 0 aliphatic carbocycles. The summed E-state index contributed by atoms with van der Waals surface area (Å²) in [4.78, 5) is 0.977. The van der Waals surface area contributed by atoms with Crippen LogP contribution in [0, 0.1) is 11.8 Å². The van der Waals surface area contributed by atoms with Crippen molar-refractivity contribution in [2.75, 3.05) is 0 Å². The number of thiophene rings is 1. The number of benzene rings is 1. The maximum atomic E-state index is 9.75. The monoisotopic (exact) mass is 214 g/mol. The molecular weight excluding hydrogens is 204 g/mol. The molecule has 0 saturated carbocycles. The standard InChI is InChI=1S/C13H10OS/c14-13(11-5-2-1-3-6-11)9-8-12-7-4-10-15-12/h1-7,10,13-14H/t13-/m0/s1. The highest BCUT2D eigenvalue weighted by Gasteiger charge is 2.00. The van der Waals surface area contributed by atoms with E-state index in [1.165, 1.54) is 0 Å². The van der Waals surface area contributed by atoms with Gasteiger partial charge in [0.2, 0.25) is 0 Å². The van der Waals surface area contributed by atoms with Crippen LogP contribution in [-0.4, -0.2) is 5.11 Å². The SMILES string of the molecule is O[C@@H](C#Cc1cccs1)c1ccccc1. The fraction of sp³-hybridized carbons (Fsp3) is 0.0769. The second-order valence-corrected chi connectivity index (χ2v) is 4.01. The molecule has 1 nitrogen and oxygen atoms in total. The molecule has 0 spiro atoms. The van der Waals surface area contributed by atoms with Crippen LogP contribution in [0.4, 0.5) is 0 Å². The summed E-state index contributed by atoms with van der Waals surface area (Å²) in [6.07, 6.45) is -0.701. The average Bonchev–Trinajstić information content (AvgIpc) is 2.80. The maximum Gasteiger partial charge on any atom is 0.140 e. The van der Waals surface area contributed by atoms with Crippen LogP contribution in [-0.2, 0) is 0 Å². The molecule has 1 atom stereocenters. The zero-order valence-electron chi connectivity index (χ0n) is 8.05. The van der Waals surface area contributed by atoms with E-state index in [1.54, 1.807) is 11.3 Å². The fourth-order valence-electron chi connectivity index (χ4n) is 1.21. The van der Waals surface area contributed by atoms with Gasteiger partial charge in [0.25, 0.3) is 0 Å². The van der Waals surface area contributed by atoms with E-state index >= 15 is 0 Å². The molecule has 1 heterocycles. The van der Waals surface area contributed by atoms with Crippen molar-refractivity contribution in [1.82, 2.24) is 0 Å². The first kappa shape index (κ1) is 9.97. The summed E-state index contributed by atoms with van der Waals surface area (Å²) in [6.45, 7) is 0. The number of rotatable bonds is 1. The van der Waals surface area contributed by atoms with Crippen LogP contribution >= 0.6 is 11.3 Å². The van der Waals surface area contributed by atoms with Crippen molar-refractivity contribution in [2.24, 2.45) is 0 Å². The lowest BCUT2D eigenvalue weighted by atomic mass is 10.1. The fourth-order valence-corrected chi connectivity index (χ4v) is 1.79. The van der Waals surface area contributed by atoms with Gasteiger partial charge in [-0.3, -0.25) is 0 Å². The van der Waals surface area contributed by atoms with E-state index in [4.69, 9.17) is 0 Å². The van der Waals surface area contributed by atoms with Gasteiger partial charge in [-0.25, -0.2) is 0 Å². The second-order valence-electron chi connectivity index (χ2n) is 3.06. The molecule has 0 bridgehead atoms. The van der Waals surface area contributed by atoms with Crippen molar-refractivity contribution in [3.63, 3.8) is 0 Å². The molecule has 1 N–H and O–H groups in total. The van der Waals surface area contributed by atoms with E-state index in [0.29, 0.717) is 0 Å². The summed E-state index contributed by atoms with van der Waals surface area (Å²) in [5.41, 5.74) is 0.835. The van der Waals surface area contributed by atoms with Gasteiger partial charge >= 0.3 is 0 Å². The Morgan fingerprint density at radius 2 is 1.87 bits per heavy atom. The summed E-state index contributed by atoms with van der Waals surface area (Å²) >= 11 is 1.58. The van der Waals surface area contributed by atoms with Crippen LogP contribution in [0.15, 0.2) is 47.8 Å². The molecular formula is C13H10OS. The summed E-state index contributed by atoms with van der Waals surface area (Å²) < 4.78 is 0. The highest BCUT2D eigenvalue weighted by Crippen LogP contribution is 2.12. The predicted octanol–water partition coefficient (Wildman–Crippen LogP) is 2.83. The van der Waals surface area contributed by atoms with Crippen molar-refractivity contribution in [3.8, 4) is 11.8 Å². The molecule has 0 unspecified atom stereocenters. The van der Waals surface area contributed by atoms with Crippen LogP contribution in [0.1, 0.15) is 16.5 Å². The number of aliphatic hydroxyl groups excluding tert-OH is 1. The zero-order valence-corrected chi connectivity index (χ0v) is 8.87. The van der Waals surface area contributed by atoms with Gasteiger partial charge in [0.05, 0.1) is 4.88 Å². The Morgan fingerprint density at radius 1 is 1.07 bits per heavy atom. The van der Waals surface area contributed by atoms with Gasteiger partial charge in [-0.1, -0.05) is 48.2 Å². The van der Waals surface area contributed by atoms with Gasteiger partial charge in [0, 0.05) is 0 Å². The van der Waals surface area contributed by atoms with E-state index in [0.717, 1.165) is 10.4 Å². The molecule has 0 amide bonds. The first-order chi connectivity index (χ1) is 7.36. The maximum absolute atomic E-state index is 9.75. The Bertz CT molecular complexity index is 462. The first-order valence-electron chi connectivity index (χ1n) is 4.64. The molecule has 2 rings (SSSR count). The second kappa shape index (κ2) is 4.79. The van der Waals surface area contributed by atoms with Gasteiger partial charge in [0.1, 0.15) is 6.10 Å². The first-order valence-corrected chi connectivity index (χ1v) is 5.52. The quantitative estimate of drug-likeness (QED) is 0.724. The molecule has 15 heavy (non-hydrogen) atoms. The van der Waals surface area contributed by atoms with Gasteiger partial charge in [0.15, 0.2) is 0 Å². The van der Waals surface area contributed by atoms with Crippen molar-refractivity contribution < 1.29 is 5.11 Å². The lowest BCUT2D eigenvalue weighted by Crippen LogP contribution is -1.92. The molecule has 0 aliphatic rings. The average molecular weight is 214 g/mol. The van der Waals surface area contributed by atoms with Crippen LogP contribution in [0.5, 0.6) is 0 Å². The van der Waals surface area contributed by atoms with Crippen molar-refractivity contribution in [3.05, 3.63) is 58.3 Å². The van der Waals surface area contributed by atoms with Crippen LogP contribution in [0.25, 0.3) is 0 Å². The lowest BCUT2D eigenvalue weighted by molar-refractivity contribution is 0.238. The third-order valence-corrected chi connectivity index (χ3v) is 2.75. The normalized spacial score (nSPS) is 11.5. The third kappa shape index (κ3) is 2.69. The minimum atomic E-state index is -0.701. The number of hydrogen-bond acceptors (Lipinski definition) is 2. The topological polar surface area (TPSA) is 20.2 Å². The Balaban J connectivity index is 2.13. The molecule has 2 heteroatoms. The van der Waals surface area contributed by atoms with Gasteiger partial charge < -0.3 is 5.11 Å². The minimum Gasteiger partial charge on any atom is -0.376 e. The predicted molar refractivity (Wildman–Crippen MR) is 62.6 cm³/mol. The van der Waals surface area contributed by atoms with E-state index in [-0.39, 0.29) is 0 Å². The number of aliphatic hydroxyl groups is 1. The van der Waals surface area contributed by atoms with Gasteiger partial charge in [-0.15, -0.1) is 11.3 Å². The van der Waals surface area contributed by atoms with E-state index in [2.05, 4.69) is 11.8 Å². The Kier molecular flexibility index (Phi) is 3.18. The van der Waals surface area contributed by atoms with Gasteiger partial charge in [-0.05, 0) is 17.0 Å².